The van der Waals surface area contributed by atoms with Crippen molar-refractivity contribution in [3.8, 4) is 0 Å². The van der Waals surface area contributed by atoms with Gasteiger partial charge in [-0.15, -0.1) is 0 Å². The predicted octanol–water partition coefficient (Wildman–Crippen LogP) is -0.776. The number of nitrogens with zero attached hydrogens (tertiary/aromatic N) is 5. The Hall–Kier alpha value is -2.05. The Kier molecular flexibility index (Phi) is 1.84. The van der Waals surface area contributed by atoms with Gasteiger partial charge in [0.2, 0.25) is 5.95 Å². The second-order valence-corrected chi connectivity index (χ2v) is 2.98. The van der Waals surface area contributed by atoms with Gasteiger partial charge in [-0.3, -0.25) is 4.68 Å². The highest BCUT2D eigenvalue weighted by molar-refractivity contribution is 5.30. The van der Waals surface area contributed by atoms with Crippen LogP contribution in [0.4, 0.5) is 11.6 Å². The molecule has 7 heteroatoms. The van der Waals surface area contributed by atoms with E-state index in [0.29, 0.717) is 24.0 Å². The van der Waals surface area contributed by atoms with Crippen LogP contribution >= 0.6 is 0 Å². The van der Waals surface area contributed by atoms with Gasteiger partial charge in [0.1, 0.15) is 6.54 Å². The van der Waals surface area contributed by atoms with E-state index in [0.717, 1.165) is 0 Å². The summed E-state index contributed by atoms with van der Waals surface area (Å²) in [7, 11) is 1.74. The molecule has 0 fully saturated rings. The number of nitrogen functional groups attached to an aromatic ring is 2. The van der Waals surface area contributed by atoms with E-state index in [2.05, 4.69) is 15.2 Å². The molecule has 0 saturated heterocycles. The highest BCUT2D eigenvalue weighted by atomic mass is 15.4. The molecule has 0 radical (unpaired) electrons. The monoisotopic (exact) mass is 193 g/mol. The van der Waals surface area contributed by atoms with Gasteiger partial charge in [-0.2, -0.15) is 15.2 Å². The Morgan fingerprint density at radius 3 is 2.71 bits per heavy atom. The van der Waals surface area contributed by atoms with E-state index in [-0.39, 0.29) is 0 Å². The van der Waals surface area contributed by atoms with Crippen molar-refractivity contribution >= 4 is 11.6 Å². The number of aromatic nitrogens is 5. The van der Waals surface area contributed by atoms with Crippen LogP contribution in [0.3, 0.4) is 0 Å². The van der Waals surface area contributed by atoms with Gasteiger partial charge in [0.25, 0.3) is 0 Å². The summed E-state index contributed by atoms with van der Waals surface area (Å²) in [5, 5.41) is 8.11. The average molecular weight is 193 g/mol. The lowest BCUT2D eigenvalue weighted by molar-refractivity contribution is 0.643. The van der Waals surface area contributed by atoms with Crippen molar-refractivity contribution in [3.05, 3.63) is 18.2 Å². The fourth-order valence-electron chi connectivity index (χ4n) is 1.13. The molecule has 0 spiro atoms. The fraction of sp³-hybridized carbons (Fsp3) is 0.286. The van der Waals surface area contributed by atoms with E-state index in [9.17, 15) is 0 Å². The molecule has 2 aromatic heterocycles. The van der Waals surface area contributed by atoms with E-state index in [4.69, 9.17) is 11.5 Å². The van der Waals surface area contributed by atoms with E-state index < -0.39 is 0 Å². The van der Waals surface area contributed by atoms with Gasteiger partial charge in [0, 0.05) is 13.2 Å². The van der Waals surface area contributed by atoms with Gasteiger partial charge in [0.05, 0.1) is 11.9 Å². The summed E-state index contributed by atoms with van der Waals surface area (Å²) in [4.78, 5) is 4.04. The molecule has 2 aromatic rings. The molecule has 0 aliphatic rings. The summed E-state index contributed by atoms with van der Waals surface area (Å²) in [5.74, 6) is 1.01. The maximum atomic E-state index is 5.53. The Balaban J connectivity index is 2.18. The first-order valence-corrected chi connectivity index (χ1v) is 4.08. The molecule has 14 heavy (non-hydrogen) atoms. The predicted molar refractivity (Wildman–Crippen MR) is 51.2 cm³/mol. The van der Waals surface area contributed by atoms with Crippen LogP contribution in [-0.2, 0) is 13.6 Å². The number of nitrogens with two attached hydrogens (primary N) is 2. The third kappa shape index (κ3) is 1.51. The van der Waals surface area contributed by atoms with Crippen LogP contribution in [0, 0.1) is 0 Å². The van der Waals surface area contributed by atoms with Crippen molar-refractivity contribution in [1.29, 1.82) is 0 Å². The van der Waals surface area contributed by atoms with E-state index in [1.165, 1.54) is 4.68 Å². The Labute approximate surface area is 80.3 Å². The number of anilines is 2. The fourth-order valence-corrected chi connectivity index (χ4v) is 1.13. The van der Waals surface area contributed by atoms with Crippen LogP contribution < -0.4 is 11.5 Å². The Morgan fingerprint density at radius 1 is 1.43 bits per heavy atom. The van der Waals surface area contributed by atoms with Crippen LogP contribution in [0.5, 0.6) is 0 Å². The van der Waals surface area contributed by atoms with Gasteiger partial charge in [-0.25, -0.2) is 4.68 Å². The molecule has 7 nitrogen and oxygen atoms in total. The molecule has 0 saturated carbocycles. The van der Waals surface area contributed by atoms with Gasteiger partial charge >= 0.3 is 0 Å². The smallest absolute Gasteiger partial charge is 0.218 e. The molecular weight excluding hydrogens is 182 g/mol. The minimum Gasteiger partial charge on any atom is -0.396 e. The number of aryl methyl sites for hydroxylation is 1. The summed E-state index contributed by atoms with van der Waals surface area (Å²) < 4.78 is 3.17. The molecule has 74 valence electrons. The zero-order chi connectivity index (χ0) is 10.1. The number of hydrogen-bond acceptors (Lipinski definition) is 5. The maximum absolute atomic E-state index is 5.53. The first-order valence-electron chi connectivity index (χ1n) is 4.08. The standard InChI is InChI=1S/C7H11N7/c1-13-7(9)11-6(12-13)4-14-3-5(8)2-10-14/h2-3H,4,8H2,1H3,(H2,9,11,12). The molecule has 2 rings (SSSR count). The van der Waals surface area contributed by atoms with Crippen LogP contribution in [0.25, 0.3) is 0 Å². The second kappa shape index (κ2) is 3.02. The molecule has 4 N–H and O–H groups in total. The molecule has 0 aliphatic carbocycles. The SMILES string of the molecule is Cn1nc(Cn2cc(N)cn2)nc1N. The van der Waals surface area contributed by atoms with Gasteiger partial charge in [0.15, 0.2) is 5.82 Å². The Morgan fingerprint density at radius 2 is 2.21 bits per heavy atom. The summed E-state index contributed by atoms with van der Waals surface area (Å²) in [5.41, 5.74) is 11.7. The summed E-state index contributed by atoms with van der Waals surface area (Å²) in [6.45, 7) is 0.474. The summed E-state index contributed by atoms with van der Waals surface area (Å²) in [6.07, 6.45) is 3.29. The van der Waals surface area contributed by atoms with Crippen LogP contribution in [0.1, 0.15) is 5.82 Å². The lowest BCUT2D eigenvalue weighted by Gasteiger charge is -1.94. The highest BCUT2D eigenvalue weighted by Crippen LogP contribution is 2.02. The minimum absolute atomic E-state index is 0.389. The molecule has 0 amide bonds. The number of hydrogen-bond donors (Lipinski definition) is 2. The van der Waals surface area contributed by atoms with Crippen LogP contribution in [0.2, 0.25) is 0 Å². The average Bonchev–Trinajstić information content (AvgIpc) is 2.62. The quantitative estimate of drug-likeness (QED) is 0.651. The van der Waals surface area contributed by atoms with Crippen LogP contribution in [0.15, 0.2) is 12.4 Å². The van der Waals surface area contributed by atoms with Crippen molar-refractivity contribution in [3.63, 3.8) is 0 Å². The van der Waals surface area contributed by atoms with E-state index in [1.54, 1.807) is 24.1 Å². The highest BCUT2D eigenvalue weighted by Gasteiger charge is 2.04. The topological polar surface area (TPSA) is 101 Å². The van der Waals surface area contributed by atoms with Crippen LogP contribution in [-0.4, -0.2) is 24.5 Å². The molecule has 0 aliphatic heterocycles. The minimum atomic E-state index is 0.389. The van der Waals surface area contributed by atoms with Gasteiger partial charge < -0.3 is 11.5 Å². The number of rotatable bonds is 2. The van der Waals surface area contributed by atoms with Crippen molar-refractivity contribution in [2.75, 3.05) is 11.5 Å². The van der Waals surface area contributed by atoms with Gasteiger partial charge in [-0.1, -0.05) is 0 Å². The second-order valence-electron chi connectivity index (χ2n) is 2.98. The molecule has 2 heterocycles. The third-order valence-corrected chi connectivity index (χ3v) is 1.80. The first-order chi connectivity index (χ1) is 6.65. The molecule has 0 atom stereocenters. The molecule has 0 unspecified atom stereocenters. The lowest BCUT2D eigenvalue weighted by atomic mass is 10.6. The summed E-state index contributed by atoms with van der Waals surface area (Å²) >= 11 is 0. The zero-order valence-corrected chi connectivity index (χ0v) is 7.75. The largest absolute Gasteiger partial charge is 0.396 e. The van der Waals surface area contributed by atoms with Crippen molar-refractivity contribution in [2.24, 2.45) is 7.05 Å². The van der Waals surface area contributed by atoms with Crippen molar-refractivity contribution in [2.45, 2.75) is 6.54 Å². The normalized spacial score (nSPS) is 10.6. The van der Waals surface area contributed by atoms with Gasteiger partial charge in [-0.05, 0) is 0 Å². The molecule has 0 bridgehead atoms. The molecule has 0 aromatic carbocycles. The summed E-state index contributed by atoms with van der Waals surface area (Å²) in [6, 6.07) is 0. The van der Waals surface area contributed by atoms with Crippen molar-refractivity contribution < 1.29 is 0 Å². The van der Waals surface area contributed by atoms with E-state index >= 15 is 0 Å². The molecular formula is C7H11N7. The first kappa shape index (κ1) is 8.54. The maximum Gasteiger partial charge on any atom is 0.218 e. The third-order valence-electron chi connectivity index (χ3n) is 1.80. The Bertz CT molecular complexity index is 421. The zero-order valence-electron chi connectivity index (χ0n) is 7.75. The lowest BCUT2D eigenvalue weighted by Crippen LogP contribution is -2.02. The van der Waals surface area contributed by atoms with E-state index in [1.807, 2.05) is 0 Å². The van der Waals surface area contributed by atoms with Crippen molar-refractivity contribution in [1.82, 2.24) is 24.5 Å².